The van der Waals surface area contributed by atoms with Crippen LogP contribution in [-0.4, -0.2) is 26.0 Å². The van der Waals surface area contributed by atoms with Crippen LogP contribution in [0.2, 0.25) is 0 Å². The van der Waals surface area contributed by atoms with E-state index in [0.29, 0.717) is 5.69 Å². The van der Waals surface area contributed by atoms with E-state index in [1.165, 1.54) is 12.0 Å². The fourth-order valence-corrected chi connectivity index (χ4v) is 1.83. The Hall–Kier alpha value is -2.36. The zero-order valence-electron chi connectivity index (χ0n) is 10.2. The number of amides is 1. The van der Waals surface area contributed by atoms with E-state index < -0.39 is 11.9 Å². The number of rotatable bonds is 1. The Bertz CT molecular complexity index is 602. The predicted molar refractivity (Wildman–Crippen MR) is 69.4 cm³/mol. The number of carbonyl (C=O) groups excluding carboxylic acids is 2. The number of fused-ring (bicyclic) bond motifs is 1. The highest BCUT2D eigenvalue weighted by molar-refractivity contribution is 6.38. The van der Waals surface area contributed by atoms with Gasteiger partial charge in [0, 0.05) is 12.4 Å². The van der Waals surface area contributed by atoms with Crippen LogP contribution < -0.4 is 4.90 Å². The normalized spacial score (nSPS) is 10.1. The number of hydrogen-bond acceptors (Lipinski definition) is 3. The lowest BCUT2D eigenvalue weighted by atomic mass is 10.1. The Morgan fingerprint density at radius 3 is 2.44 bits per heavy atom. The van der Waals surface area contributed by atoms with E-state index in [4.69, 9.17) is 0 Å². The van der Waals surface area contributed by atoms with Gasteiger partial charge in [0.1, 0.15) is 0 Å². The van der Waals surface area contributed by atoms with Crippen LogP contribution in [0.15, 0.2) is 42.5 Å². The molecule has 1 amide bonds. The third-order valence-electron chi connectivity index (χ3n) is 2.79. The summed E-state index contributed by atoms with van der Waals surface area (Å²) in [7, 11) is 2.75. The number of benzene rings is 2. The lowest BCUT2D eigenvalue weighted by Gasteiger charge is -2.17. The number of methoxy groups -OCH3 is 1. The van der Waals surface area contributed by atoms with E-state index in [2.05, 4.69) is 4.74 Å². The van der Waals surface area contributed by atoms with Crippen LogP contribution >= 0.6 is 0 Å². The van der Waals surface area contributed by atoms with Crippen LogP contribution in [0.25, 0.3) is 10.8 Å². The molecule has 18 heavy (non-hydrogen) atoms. The van der Waals surface area contributed by atoms with Crippen molar-refractivity contribution in [3.63, 3.8) is 0 Å². The molecule has 0 saturated carbocycles. The highest BCUT2D eigenvalue weighted by Crippen LogP contribution is 2.25. The average molecular weight is 243 g/mol. The molecule has 0 unspecified atom stereocenters. The number of ether oxygens (including phenoxy) is 1. The van der Waals surface area contributed by atoms with Crippen LogP contribution in [0.4, 0.5) is 5.69 Å². The number of likely N-dealkylation sites (N-methyl/N-ethyl adjacent to an activating group) is 1. The smallest absolute Gasteiger partial charge is 0.397 e. The number of hydrogen-bond donors (Lipinski definition) is 0. The van der Waals surface area contributed by atoms with Crippen molar-refractivity contribution in [2.24, 2.45) is 0 Å². The Kier molecular flexibility index (Phi) is 3.28. The van der Waals surface area contributed by atoms with Gasteiger partial charge in [0.05, 0.1) is 12.8 Å². The first-order chi connectivity index (χ1) is 8.65. The van der Waals surface area contributed by atoms with Crippen molar-refractivity contribution in [2.75, 3.05) is 19.1 Å². The van der Waals surface area contributed by atoms with Crippen molar-refractivity contribution >= 4 is 28.3 Å². The highest BCUT2D eigenvalue weighted by Gasteiger charge is 2.21. The zero-order chi connectivity index (χ0) is 13.1. The quantitative estimate of drug-likeness (QED) is 0.568. The molecule has 4 heteroatoms. The lowest BCUT2D eigenvalue weighted by molar-refractivity contribution is -0.151. The van der Waals surface area contributed by atoms with E-state index in [9.17, 15) is 9.59 Å². The third-order valence-corrected chi connectivity index (χ3v) is 2.79. The van der Waals surface area contributed by atoms with Crippen LogP contribution in [0.5, 0.6) is 0 Å². The molecule has 0 fully saturated rings. The molecule has 4 nitrogen and oxygen atoms in total. The molecule has 2 rings (SSSR count). The van der Waals surface area contributed by atoms with Crippen LogP contribution in [0, 0.1) is 0 Å². The summed E-state index contributed by atoms with van der Waals surface area (Å²) < 4.78 is 4.44. The molecule has 0 spiro atoms. The number of carbonyl (C=O) groups is 2. The van der Waals surface area contributed by atoms with Gasteiger partial charge in [-0.2, -0.15) is 0 Å². The Morgan fingerprint density at radius 1 is 1.06 bits per heavy atom. The first-order valence-electron chi connectivity index (χ1n) is 5.49. The first-order valence-corrected chi connectivity index (χ1v) is 5.49. The maximum Gasteiger partial charge on any atom is 0.397 e. The van der Waals surface area contributed by atoms with Crippen molar-refractivity contribution in [1.82, 2.24) is 0 Å². The van der Waals surface area contributed by atoms with Gasteiger partial charge in [-0.3, -0.25) is 4.79 Å². The molecule has 0 aliphatic heterocycles. The molecule has 0 N–H and O–H groups in total. The minimum atomic E-state index is -0.870. The second-order valence-corrected chi connectivity index (χ2v) is 3.85. The third kappa shape index (κ3) is 2.05. The largest absolute Gasteiger partial charge is 0.462 e. The maximum absolute atomic E-state index is 11.8. The van der Waals surface area contributed by atoms with Crippen LogP contribution in [0.3, 0.4) is 0 Å². The fourth-order valence-electron chi connectivity index (χ4n) is 1.83. The van der Waals surface area contributed by atoms with Gasteiger partial charge in [0.25, 0.3) is 0 Å². The molecule has 0 bridgehead atoms. The average Bonchev–Trinajstić information content (AvgIpc) is 2.44. The first kappa shape index (κ1) is 12.1. The van der Waals surface area contributed by atoms with Crippen LogP contribution in [0.1, 0.15) is 0 Å². The summed E-state index contributed by atoms with van der Waals surface area (Å²) in [5.74, 6) is -1.56. The molecule has 0 atom stereocenters. The maximum atomic E-state index is 11.8. The van der Waals surface area contributed by atoms with E-state index in [1.54, 1.807) is 13.1 Å². The molecule has 0 aliphatic rings. The van der Waals surface area contributed by atoms with E-state index >= 15 is 0 Å². The van der Waals surface area contributed by atoms with Crippen LogP contribution in [-0.2, 0) is 14.3 Å². The molecule has 0 aliphatic carbocycles. The summed E-state index contributed by atoms with van der Waals surface area (Å²) in [6, 6.07) is 13.3. The Morgan fingerprint density at radius 2 is 1.72 bits per heavy atom. The summed E-state index contributed by atoms with van der Waals surface area (Å²) in [6.45, 7) is 0. The van der Waals surface area contributed by atoms with Gasteiger partial charge < -0.3 is 9.64 Å². The second-order valence-electron chi connectivity index (χ2n) is 3.85. The Balaban J connectivity index is 2.48. The molecule has 2 aromatic carbocycles. The van der Waals surface area contributed by atoms with Crippen molar-refractivity contribution < 1.29 is 14.3 Å². The van der Waals surface area contributed by atoms with Crippen molar-refractivity contribution in [3.05, 3.63) is 42.5 Å². The molecule has 0 radical (unpaired) electrons. The monoisotopic (exact) mass is 243 g/mol. The molecule has 0 saturated heterocycles. The molecular weight excluding hydrogens is 230 g/mol. The van der Waals surface area contributed by atoms with Gasteiger partial charge in [0.15, 0.2) is 0 Å². The molecule has 0 aromatic heterocycles. The number of nitrogens with zero attached hydrogens (tertiary/aromatic N) is 1. The second kappa shape index (κ2) is 4.87. The van der Waals surface area contributed by atoms with Crippen molar-refractivity contribution in [2.45, 2.75) is 0 Å². The van der Waals surface area contributed by atoms with Crippen molar-refractivity contribution in [3.8, 4) is 0 Å². The Labute approximate surface area is 105 Å². The number of anilines is 1. The summed E-state index contributed by atoms with van der Waals surface area (Å²) >= 11 is 0. The highest BCUT2D eigenvalue weighted by atomic mass is 16.5. The molecule has 92 valence electrons. The zero-order valence-corrected chi connectivity index (χ0v) is 10.2. The van der Waals surface area contributed by atoms with Gasteiger partial charge in [0.2, 0.25) is 0 Å². The van der Waals surface area contributed by atoms with Gasteiger partial charge in [-0.25, -0.2) is 4.79 Å². The van der Waals surface area contributed by atoms with Crippen molar-refractivity contribution in [1.29, 1.82) is 0 Å². The summed E-state index contributed by atoms with van der Waals surface area (Å²) in [5, 5.41) is 1.93. The van der Waals surface area contributed by atoms with Gasteiger partial charge in [-0.15, -0.1) is 0 Å². The standard InChI is InChI=1S/C14H13NO3/c1-15(13(16)14(17)18-2)12-9-5-7-10-6-3-4-8-11(10)12/h3-9H,1-2H3. The van der Waals surface area contributed by atoms with E-state index in [0.717, 1.165) is 10.8 Å². The summed E-state index contributed by atoms with van der Waals surface area (Å²) in [4.78, 5) is 24.3. The summed E-state index contributed by atoms with van der Waals surface area (Å²) in [5.41, 5.74) is 0.684. The molecule has 2 aromatic rings. The minimum Gasteiger partial charge on any atom is -0.462 e. The molecule has 0 heterocycles. The number of esters is 1. The van der Waals surface area contributed by atoms with Gasteiger partial charge in [-0.1, -0.05) is 36.4 Å². The van der Waals surface area contributed by atoms with Gasteiger partial charge >= 0.3 is 11.9 Å². The SMILES string of the molecule is COC(=O)C(=O)N(C)c1cccc2ccccc12. The fraction of sp³-hybridized carbons (Fsp3) is 0.143. The lowest BCUT2D eigenvalue weighted by Crippen LogP contribution is -2.34. The van der Waals surface area contributed by atoms with Gasteiger partial charge in [-0.05, 0) is 11.5 Å². The van der Waals surface area contributed by atoms with E-state index in [1.807, 2.05) is 36.4 Å². The minimum absolute atomic E-state index is 0.684. The summed E-state index contributed by atoms with van der Waals surface area (Å²) in [6.07, 6.45) is 0. The van der Waals surface area contributed by atoms with E-state index in [-0.39, 0.29) is 0 Å². The predicted octanol–water partition coefficient (Wildman–Crippen LogP) is 1.98. The topological polar surface area (TPSA) is 46.6 Å². The molecular formula is C14H13NO3.